The summed E-state index contributed by atoms with van der Waals surface area (Å²) in [5, 5.41) is 0. The van der Waals surface area contributed by atoms with Crippen LogP contribution in [0, 0.1) is 5.92 Å². The normalized spacial score (nSPS) is 24.7. The molecule has 0 aromatic heterocycles. The Kier molecular flexibility index (Phi) is 2.85. The summed E-state index contributed by atoms with van der Waals surface area (Å²) >= 11 is 0. The molecule has 2 atom stereocenters. The van der Waals surface area contributed by atoms with Crippen LogP contribution in [0.25, 0.3) is 0 Å². The molecule has 0 spiro atoms. The zero-order valence-electron chi connectivity index (χ0n) is 8.87. The number of alkyl halides is 1. The monoisotopic (exact) mass is 206 g/mol. The SMILES string of the molecule is CC(=O)c1cccc(C2CCC2CF)c1. The molecule has 0 heterocycles. The van der Waals surface area contributed by atoms with E-state index in [1.165, 1.54) is 0 Å². The zero-order chi connectivity index (χ0) is 10.8. The van der Waals surface area contributed by atoms with Gasteiger partial charge in [-0.3, -0.25) is 9.18 Å². The van der Waals surface area contributed by atoms with Crippen LogP contribution in [0.15, 0.2) is 24.3 Å². The van der Waals surface area contributed by atoms with Crippen molar-refractivity contribution in [3.63, 3.8) is 0 Å². The number of ketones is 1. The van der Waals surface area contributed by atoms with Crippen LogP contribution >= 0.6 is 0 Å². The summed E-state index contributed by atoms with van der Waals surface area (Å²) in [6.07, 6.45) is 2.03. The standard InChI is InChI=1S/C13H15FO/c1-9(15)10-3-2-4-11(7-10)13-6-5-12(13)8-14/h2-4,7,12-13H,5-6,8H2,1H3. The van der Waals surface area contributed by atoms with Gasteiger partial charge in [0.15, 0.2) is 5.78 Å². The van der Waals surface area contributed by atoms with Crippen LogP contribution in [-0.4, -0.2) is 12.5 Å². The van der Waals surface area contributed by atoms with Crippen LogP contribution in [0.4, 0.5) is 4.39 Å². The molecule has 2 unspecified atom stereocenters. The highest BCUT2D eigenvalue weighted by Crippen LogP contribution is 2.42. The number of Topliss-reactive ketones (excluding diaryl/α,β-unsaturated/α-hetero) is 1. The summed E-state index contributed by atoms with van der Waals surface area (Å²) in [6.45, 7) is 1.32. The van der Waals surface area contributed by atoms with E-state index in [-0.39, 0.29) is 18.4 Å². The van der Waals surface area contributed by atoms with Gasteiger partial charge < -0.3 is 0 Å². The van der Waals surface area contributed by atoms with Crippen LogP contribution in [0.3, 0.4) is 0 Å². The average Bonchev–Trinajstić information content (AvgIpc) is 2.17. The Morgan fingerprint density at radius 1 is 1.47 bits per heavy atom. The average molecular weight is 206 g/mol. The van der Waals surface area contributed by atoms with Gasteiger partial charge in [0.2, 0.25) is 0 Å². The van der Waals surface area contributed by atoms with E-state index in [4.69, 9.17) is 0 Å². The van der Waals surface area contributed by atoms with E-state index in [1.54, 1.807) is 6.92 Å². The Bertz CT molecular complexity index is 371. The Morgan fingerprint density at radius 2 is 2.27 bits per heavy atom. The molecule has 1 aliphatic carbocycles. The van der Waals surface area contributed by atoms with Crippen molar-refractivity contribution in [2.45, 2.75) is 25.7 Å². The zero-order valence-corrected chi connectivity index (χ0v) is 8.87. The summed E-state index contributed by atoms with van der Waals surface area (Å²) in [5.74, 6) is 0.578. The molecule has 1 aliphatic rings. The second kappa shape index (κ2) is 4.13. The van der Waals surface area contributed by atoms with Crippen molar-refractivity contribution in [3.05, 3.63) is 35.4 Å². The number of rotatable bonds is 3. The quantitative estimate of drug-likeness (QED) is 0.693. The molecular formula is C13H15FO. The van der Waals surface area contributed by atoms with E-state index in [1.807, 2.05) is 24.3 Å². The van der Waals surface area contributed by atoms with Gasteiger partial charge in [0.25, 0.3) is 0 Å². The fourth-order valence-corrected chi connectivity index (χ4v) is 2.18. The molecule has 0 N–H and O–H groups in total. The van der Waals surface area contributed by atoms with E-state index in [9.17, 15) is 9.18 Å². The van der Waals surface area contributed by atoms with E-state index < -0.39 is 0 Å². The number of carbonyl (C=O) groups excluding carboxylic acids is 1. The summed E-state index contributed by atoms with van der Waals surface area (Å²) in [4.78, 5) is 11.2. The van der Waals surface area contributed by atoms with Crippen molar-refractivity contribution < 1.29 is 9.18 Å². The molecule has 2 heteroatoms. The van der Waals surface area contributed by atoms with Crippen molar-refractivity contribution in [2.75, 3.05) is 6.67 Å². The molecule has 2 rings (SSSR count). The fourth-order valence-electron chi connectivity index (χ4n) is 2.18. The smallest absolute Gasteiger partial charge is 0.159 e. The molecule has 0 saturated heterocycles. The van der Waals surface area contributed by atoms with E-state index in [0.717, 1.165) is 24.0 Å². The van der Waals surface area contributed by atoms with Gasteiger partial charge in [0.05, 0.1) is 6.67 Å². The predicted molar refractivity (Wildman–Crippen MR) is 57.9 cm³/mol. The third kappa shape index (κ3) is 1.94. The first-order valence-electron chi connectivity index (χ1n) is 5.39. The molecule has 80 valence electrons. The molecule has 0 radical (unpaired) electrons. The lowest BCUT2D eigenvalue weighted by molar-refractivity contribution is 0.101. The summed E-state index contributed by atoms with van der Waals surface area (Å²) < 4.78 is 12.6. The second-order valence-electron chi connectivity index (χ2n) is 4.28. The summed E-state index contributed by atoms with van der Waals surface area (Å²) in [7, 11) is 0. The van der Waals surface area contributed by atoms with Gasteiger partial charge in [0.1, 0.15) is 0 Å². The molecule has 1 fully saturated rings. The highest BCUT2D eigenvalue weighted by molar-refractivity contribution is 5.94. The van der Waals surface area contributed by atoms with Crippen LogP contribution in [0.2, 0.25) is 0 Å². The number of benzene rings is 1. The number of hydrogen-bond acceptors (Lipinski definition) is 1. The third-order valence-corrected chi connectivity index (χ3v) is 3.34. The largest absolute Gasteiger partial charge is 0.295 e. The number of carbonyl (C=O) groups is 1. The minimum Gasteiger partial charge on any atom is -0.295 e. The predicted octanol–water partition coefficient (Wildman–Crippen LogP) is 3.35. The van der Waals surface area contributed by atoms with Gasteiger partial charge >= 0.3 is 0 Å². The second-order valence-corrected chi connectivity index (χ2v) is 4.28. The van der Waals surface area contributed by atoms with Crippen LogP contribution < -0.4 is 0 Å². The van der Waals surface area contributed by atoms with Gasteiger partial charge in [-0.2, -0.15) is 0 Å². The van der Waals surface area contributed by atoms with Crippen molar-refractivity contribution in [2.24, 2.45) is 5.92 Å². The van der Waals surface area contributed by atoms with Crippen molar-refractivity contribution in [1.82, 2.24) is 0 Å². The van der Waals surface area contributed by atoms with Crippen molar-refractivity contribution in [3.8, 4) is 0 Å². The van der Waals surface area contributed by atoms with E-state index in [0.29, 0.717) is 5.92 Å². The third-order valence-electron chi connectivity index (χ3n) is 3.34. The molecular weight excluding hydrogens is 191 g/mol. The first-order valence-corrected chi connectivity index (χ1v) is 5.39. The number of hydrogen-bond donors (Lipinski definition) is 0. The summed E-state index contributed by atoms with van der Waals surface area (Å²) in [5.41, 5.74) is 1.86. The highest BCUT2D eigenvalue weighted by Gasteiger charge is 2.31. The lowest BCUT2D eigenvalue weighted by Gasteiger charge is -2.35. The lowest BCUT2D eigenvalue weighted by atomic mass is 9.70. The first-order chi connectivity index (χ1) is 7.22. The maximum absolute atomic E-state index is 12.6. The molecule has 0 amide bonds. The topological polar surface area (TPSA) is 17.1 Å². The minimum atomic E-state index is -0.241. The number of halogens is 1. The van der Waals surface area contributed by atoms with Gasteiger partial charge in [-0.05, 0) is 43.2 Å². The Balaban J connectivity index is 2.21. The Labute approximate surface area is 89.3 Å². The highest BCUT2D eigenvalue weighted by atomic mass is 19.1. The van der Waals surface area contributed by atoms with Gasteiger partial charge in [0, 0.05) is 5.56 Å². The van der Waals surface area contributed by atoms with Gasteiger partial charge in [-0.25, -0.2) is 0 Å². The molecule has 1 aromatic rings. The van der Waals surface area contributed by atoms with Gasteiger partial charge in [-0.15, -0.1) is 0 Å². The Hall–Kier alpha value is -1.18. The maximum atomic E-state index is 12.6. The summed E-state index contributed by atoms with van der Waals surface area (Å²) in [6, 6.07) is 7.61. The molecule has 0 bridgehead atoms. The Morgan fingerprint density at radius 3 is 2.80 bits per heavy atom. The van der Waals surface area contributed by atoms with E-state index >= 15 is 0 Å². The first kappa shape index (κ1) is 10.3. The molecule has 1 saturated carbocycles. The lowest BCUT2D eigenvalue weighted by Crippen LogP contribution is -2.25. The minimum absolute atomic E-state index is 0.0768. The van der Waals surface area contributed by atoms with Gasteiger partial charge in [-0.1, -0.05) is 18.2 Å². The fraction of sp³-hybridized carbons (Fsp3) is 0.462. The van der Waals surface area contributed by atoms with E-state index in [2.05, 4.69) is 0 Å². The van der Waals surface area contributed by atoms with Crippen molar-refractivity contribution in [1.29, 1.82) is 0 Å². The van der Waals surface area contributed by atoms with Crippen LogP contribution in [0.1, 0.15) is 41.6 Å². The maximum Gasteiger partial charge on any atom is 0.159 e. The molecule has 15 heavy (non-hydrogen) atoms. The van der Waals surface area contributed by atoms with Crippen LogP contribution in [0.5, 0.6) is 0 Å². The van der Waals surface area contributed by atoms with Crippen LogP contribution in [-0.2, 0) is 0 Å². The molecule has 0 aliphatic heterocycles. The van der Waals surface area contributed by atoms with Crippen molar-refractivity contribution >= 4 is 5.78 Å². The molecule has 1 nitrogen and oxygen atoms in total. The molecule has 1 aromatic carbocycles.